The molecular formula is C11H10FN3O2. The SMILES string of the molecule is O=[N+]([O-])c1ccc(F)cc1NCc1cc[nH]c1. The molecule has 0 aliphatic heterocycles. The molecule has 2 rings (SSSR count). The van der Waals surface area contributed by atoms with E-state index in [2.05, 4.69) is 10.3 Å². The molecule has 0 spiro atoms. The van der Waals surface area contributed by atoms with Crippen molar-refractivity contribution in [3.05, 3.63) is 58.2 Å². The first-order valence-electron chi connectivity index (χ1n) is 4.96. The fraction of sp³-hybridized carbons (Fsp3) is 0.0909. The van der Waals surface area contributed by atoms with Crippen molar-refractivity contribution in [2.24, 2.45) is 0 Å². The Morgan fingerprint density at radius 3 is 2.88 bits per heavy atom. The van der Waals surface area contributed by atoms with E-state index >= 15 is 0 Å². The fourth-order valence-corrected chi connectivity index (χ4v) is 1.47. The molecular weight excluding hydrogens is 225 g/mol. The van der Waals surface area contributed by atoms with Crippen molar-refractivity contribution < 1.29 is 9.31 Å². The zero-order valence-electron chi connectivity index (χ0n) is 8.81. The van der Waals surface area contributed by atoms with E-state index in [0.717, 1.165) is 23.8 Å². The number of benzene rings is 1. The van der Waals surface area contributed by atoms with Gasteiger partial charge in [-0.25, -0.2) is 4.39 Å². The number of hydrogen-bond acceptors (Lipinski definition) is 3. The first kappa shape index (κ1) is 11.1. The van der Waals surface area contributed by atoms with E-state index in [-0.39, 0.29) is 11.4 Å². The third kappa shape index (κ3) is 2.60. The Labute approximate surface area is 96.4 Å². The van der Waals surface area contributed by atoms with Gasteiger partial charge in [0.25, 0.3) is 5.69 Å². The Bertz CT molecular complexity index is 526. The molecule has 1 heterocycles. The Morgan fingerprint density at radius 2 is 2.24 bits per heavy atom. The van der Waals surface area contributed by atoms with Crippen LogP contribution in [-0.2, 0) is 6.54 Å². The number of aromatic amines is 1. The van der Waals surface area contributed by atoms with E-state index in [1.807, 2.05) is 6.07 Å². The van der Waals surface area contributed by atoms with Crippen LogP contribution >= 0.6 is 0 Å². The highest BCUT2D eigenvalue weighted by Gasteiger charge is 2.13. The lowest BCUT2D eigenvalue weighted by molar-refractivity contribution is -0.384. The maximum absolute atomic E-state index is 13.0. The maximum atomic E-state index is 13.0. The van der Waals surface area contributed by atoms with Gasteiger partial charge in [-0.1, -0.05) is 0 Å². The summed E-state index contributed by atoms with van der Waals surface area (Å²) in [5.41, 5.74) is 0.974. The van der Waals surface area contributed by atoms with Crippen LogP contribution in [0.4, 0.5) is 15.8 Å². The van der Waals surface area contributed by atoms with Gasteiger partial charge < -0.3 is 10.3 Å². The average molecular weight is 235 g/mol. The van der Waals surface area contributed by atoms with Gasteiger partial charge in [0.2, 0.25) is 0 Å². The van der Waals surface area contributed by atoms with E-state index in [1.54, 1.807) is 12.4 Å². The van der Waals surface area contributed by atoms with Gasteiger partial charge in [0, 0.05) is 31.1 Å². The van der Waals surface area contributed by atoms with Crippen LogP contribution in [0.3, 0.4) is 0 Å². The van der Waals surface area contributed by atoms with Crippen molar-refractivity contribution in [1.82, 2.24) is 4.98 Å². The van der Waals surface area contributed by atoms with Crippen molar-refractivity contribution in [2.45, 2.75) is 6.54 Å². The molecule has 0 aliphatic carbocycles. The summed E-state index contributed by atoms with van der Waals surface area (Å²) in [6, 6.07) is 5.16. The summed E-state index contributed by atoms with van der Waals surface area (Å²) in [5.74, 6) is -0.507. The lowest BCUT2D eigenvalue weighted by Crippen LogP contribution is -2.02. The lowest BCUT2D eigenvalue weighted by Gasteiger charge is -2.05. The van der Waals surface area contributed by atoms with Gasteiger partial charge in [-0.15, -0.1) is 0 Å². The summed E-state index contributed by atoms with van der Waals surface area (Å²) in [5, 5.41) is 13.6. The molecule has 0 fully saturated rings. The molecule has 1 aromatic carbocycles. The van der Waals surface area contributed by atoms with E-state index < -0.39 is 10.7 Å². The van der Waals surface area contributed by atoms with E-state index in [1.165, 1.54) is 0 Å². The third-order valence-corrected chi connectivity index (χ3v) is 2.30. The summed E-state index contributed by atoms with van der Waals surface area (Å²) < 4.78 is 13.0. The molecule has 0 radical (unpaired) electrons. The number of aromatic nitrogens is 1. The van der Waals surface area contributed by atoms with Gasteiger partial charge in [-0.3, -0.25) is 10.1 Å². The maximum Gasteiger partial charge on any atom is 0.292 e. The van der Waals surface area contributed by atoms with Crippen molar-refractivity contribution in [3.8, 4) is 0 Å². The number of anilines is 1. The van der Waals surface area contributed by atoms with Gasteiger partial charge >= 0.3 is 0 Å². The quantitative estimate of drug-likeness (QED) is 0.632. The second-order valence-corrected chi connectivity index (χ2v) is 3.49. The molecule has 0 bridgehead atoms. The topological polar surface area (TPSA) is 71.0 Å². The van der Waals surface area contributed by atoms with Crippen LogP contribution < -0.4 is 5.32 Å². The molecule has 2 N–H and O–H groups in total. The number of nitrogens with one attached hydrogen (secondary N) is 2. The summed E-state index contributed by atoms with van der Waals surface area (Å²) in [6.07, 6.45) is 3.51. The van der Waals surface area contributed by atoms with Crippen LogP contribution in [0.1, 0.15) is 5.56 Å². The third-order valence-electron chi connectivity index (χ3n) is 2.30. The Hall–Kier alpha value is -2.37. The number of halogens is 1. The van der Waals surface area contributed by atoms with Crippen molar-refractivity contribution in [3.63, 3.8) is 0 Å². The molecule has 17 heavy (non-hydrogen) atoms. The minimum atomic E-state index is -0.543. The summed E-state index contributed by atoms with van der Waals surface area (Å²) >= 11 is 0. The minimum absolute atomic E-state index is 0.137. The number of H-pyrrole nitrogens is 1. The largest absolute Gasteiger partial charge is 0.375 e. The standard InChI is InChI=1S/C11H10FN3O2/c12-9-1-2-11(15(16)17)10(5-9)14-7-8-3-4-13-6-8/h1-6,13-14H,7H2. The highest BCUT2D eigenvalue weighted by atomic mass is 19.1. The van der Waals surface area contributed by atoms with E-state index in [4.69, 9.17) is 0 Å². The van der Waals surface area contributed by atoms with Gasteiger partial charge in [0.15, 0.2) is 0 Å². The van der Waals surface area contributed by atoms with Crippen LogP contribution in [0.5, 0.6) is 0 Å². The van der Waals surface area contributed by atoms with Crippen LogP contribution in [0, 0.1) is 15.9 Å². The number of nitro benzene ring substituents is 1. The zero-order chi connectivity index (χ0) is 12.3. The molecule has 2 aromatic rings. The number of nitrogens with zero attached hydrogens (tertiary/aromatic N) is 1. The first-order valence-corrected chi connectivity index (χ1v) is 4.96. The second kappa shape index (κ2) is 4.65. The fourth-order valence-electron chi connectivity index (χ4n) is 1.47. The highest BCUT2D eigenvalue weighted by Crippen LogP contribution is 2.25. The van der Waals surface area contributed by atoms with E-state index in [9.17, 15) is 14.5 Å². The van der Waals surface area contributed by atoms with Crippen molar-refractivity contribution in [1.29, 1.82) is 0 Å². The molecule has 0 aliphatic rings. The molecule has 0 atom stereocenters. The predicted molar refractivity (Wildman–Crippen MR) is 61.2 cm³/mol. The zero-order valence-corrected chi connectivity index (χ0v) is 8.81. The predicted octanol–water partition coefficient (Wildman–Crippen LogP) is 2.67. The lowest BCUT2D eigenvalue weighted by atomic mass is 10.2. The Morgan fingerprint density at radius 1 is 1.41 bits per heavy atom. The molecule has 0 unspecified atom stereocenters. The Balaban J connectivity index is 2.19. The number of hydrogen-bond donors (Lipinski definition) is 2. The first-order chi connectivity index (χ1) is 8.16. The van der Waals surface area contributed by atoms with Crippen LogP contribution in [0.25, 0.3) is 0 Å². The molecule has 5 nitrogen and oxygen atoms in total. The molecule has 6 heteroatoms. The summed E-state index contributed by atoms with van der Waals surface area (Å²) in [7, 11) is 0. The highest BCUT2D eigenvalue weighted by molar-refractivity contribution is 5.61. The van der Waals surface area contributed by atoms with E-state index in [0.29, 0.717) is 6.54 Å². The van der Waals surface area contributed by atoms with Gasteiger partial charge in [0.1, 0.15) is 11.5 Å². The second-order valence-electron chi connectivity index (χ2n) is 3.49. The summed E-state index contributed by atoms with van der Waals surface area (Å²) in [6.45, 7) is 0.397. The van der Waals surface area contributed by atoms with Crippen molar-refractivity contribution in [2.75, 3.05) is 5.32 Å². The summed E-state index contributed by atoms with van der Waals surface area (Å²) in [4.78, 5) is 13.1. The number of nitro groups is 1. The number of rotatable bonds is 4. The molecule has 0 saturated heterocycles. The van der Waals surface area contributed by atoms with Crippen LogP contribution in [0.15, 0.2) is 36.7 Å². The van der Waals surface area contributed by atoms with Crippen LogP contribution in [-0.4, -0.2) is 9.91 Å². The normalized spacial score (nSPS) is 10.2. The van der Waals surface area contributed by atoms with Crippen LogP contribution in [0.2, 0.25) is 0 Å². The molecule has 0 saturated carbocycles. The monoisotopic (exact) mass is 235 g/mol. The molecule has 88 valence electrons. The molecule has 1 aromatic heterocycles. The van der Waals surface area contributed by atoms with Gasteiger partial charge in [0.05, 0.1) is 4.92 Å². The van der Waals surface area contributed by atoms with Gasteiger partial charge in [-0.2, -0.15) is 0 Å². The van der Waals surface area contributed by atoms with Crippen molar-refractivity contribution >= 4 is 11.4 Å². The Kier molecular flexibility index (Phi) is 3.04. The minimum Gasteiger partial charge on any atom is -0.375 e. The smallest absolute Gasteiger partial charge is 0.292 e. The molecule has 0 amide bonds. The average Bonchev–Trinajstić information content (AvgIpc) is 2.78. The van der Waals surface area contributed by atoms with Gasteiger partial charge in [-0.05, 0) is 17.7 Å².